The summed E-state index contributed by atoms with van der Waals surface area (Å²) >= 11 is 0. The fourth-order valence-corrected chi connectivity index (χ4v) is 20.2. The first-order chi connectivity index (χ1) is 29.7. The van der Waals surface area contributed by atoms with Crippen LogP contribution >= 0.6 is 14.5 Å². The van der Waals surface area contributed by atoms with Gasteiger partial charge in [-0.1, -0.05) is 241 Å². The van der Waals surface area contributed by atoms with Gasteiger partial charge >= 0.3 is 0 Å². The van der Waals surface area contributed by atoms with Crippen molar-refractivity contribution in [2.75, 3.05) is 24.6 Å². The Kier molecular flexibility index (Phi) is 27.2. The molecule has 2 heteroatoms. The fourth-order valence-electron chi connectivity index (χ4n) is 9.90. The zero-order chi connectivity index (χ0) is 42.1. The molecule has 4 rings (SSSR count). The molecule has 0 fully saturated rings. The van der Waals surface area contributed by atoms with Gasteiger partial charge in [-0.05, 0) is 74.2 Å². The number of rotatable bonds is 37. The fraction of sp³-hybridized carbons (Fsp3) is 0.586. The van der Waals surface area contributed by atoms with Gasteiger partial charge in [0.05, 0.1) is 48.1 Å². The molecule has 330 valence electrons. The third-order valence-corrected chi connectivity index (χ3v) is 23.3. The van der Waals surface area contributed by atoms with Crippen LogP contribution in [0.25, 0.3) is 0 Å². The maximum absolute atomic E-state index is 2.50. The van der Waals surface area contributed by atoms with Crippen LogP contribution in [-0.4, -0.2) is 24.6 Å². The predicted molar refractivity (Wildman–Crippen MR) is 278 cm³/mol. The lowest BCUT2D eigenvalue weighted by atomic mass is 10.0. The summed E-state index contributed by atoms with van der Waals surface area (Å²) in [6.45, 7) is 4.63. The normalized spacial score (nSPS) is 12.0. The van der Waals surface area contributed by atoms with Crippen LogP contribution in [0.15, 0.2) is 121 Å². The van der Waals surface area contributed by atoms with E-state index in [4.69, 9.17) is 0 Å². The van der Waals surface area contributed by atoms with Crippen molar-refractivity contribution >= 4 is 35.7 Å². The summed E-state index contributed by atoms with van der Waals surface area (Å²) in [5.41, 5.74) is 0. The Morgan fingerprint density at radius 2 is 0.400 bits per heavy atom. The summed E-state index contributed by atoms with van der Waals surface area (Å²) in [7, 11) is -3.34. The van der Waals surface area contributed by atoms with E-state index in [0.717, 1.165) is 0 Å². The van der Waals surface area contributed by atoms with E-state index in [1.54, 1.807) is 21.2 Å². The lowest BCUT2D eigenvalue weighted by Gasteiger charge is -2.32. The Morgan fingerprint density at radius 3 is 0.600 bits per heavy atom. The highest BCUT2D eigenvalue weighted by atomic mass is 31.2. The van der Waals surface area contributed by atoms with Crippen LogP contribution in [0.2, 0.25) is 0 Å². The van der Waals surface area contributed by atoms with Gasteiger partial charge < -0.3 is 0 Å². The molecule has 0 amide bonds. The summed E-state index contributed by atoms with van der Waals surface area (Å²) in [5.74, 6) is 0. The molecule has 0 aliphatic rings. The number of hydrogen-bond donors (Lipinski definition) is 0. The lowest BCUT2D eigenvalue weighted by Crippen LogP contribution is -2.34. The van der Waals surface area contributed by atoms with Crippen LogP contribution < -0.4 is 21.2 Å². The highest BCUT2D eigenvalue weighted by molar-refractivity contribution is 7.93. The van der Waals surface area contributed by atoms with E-state index in [1.807, 2.05) is 0 Å². The molecule has 0 atom stereocenters. The van der Waals surface area contributed by atoms with Crippen molar-refractivity contribution in [3.05, 3.63) is 121 Å². The van der Waals surface area contributed by atoms with Crippen molar-refractivity contribution in [1.82, 2.24) is 0 Å². The van der Waals surface area contributed by atoms with E-state index in [0.29, 0.717) is 0 Å². The summed E-state index contributed by atoms with van der Waals surface area (Å²) < 4.78 is 0. The van der Waals surface area contributed by atoms with Crippen molar-refractivity contribution in [3.63, 3.8) is 0 Å². The number of unbranched alkanes of at least 4 members (excludes halogenated alkanes) is 26. The molecular formula is C58H90P2+2. The van der Waals surface area contributed by atoms with Crippen LogP contribution in [0.4, 0.5) is 0 Å². The number of benzene rings is 4. The second kappa shape index (κ2) is 32.4. The zero-order valence-corrected chi connectivity index (χ0v) is 40.9. The third-order valence-electron chi connectivity index (χ3n) is 13.7. The van der Waals surface area contributed by atoms with Crippen LogP contribution in [-0.2, 0) is 0 Å². The smallest absolute Gasteiger partial charge is 0.0654 e. The Morgan fingerprint density at radius 1 is 0.217 bits per heavy atom. The maximum Gasteiger partial charge on any atom is 0.103 e. The van der Waals surface area contributed by atoms with Gasteiger partial charge in [0, 0.05) is 0 Å². The molecule has 0 radical (unpaired) electrons. The number of hydrogen-bond acceptors (Lipinski definition) is 0. The molecule has 0 N–H and O–H groups in total. The van der Waals surface area contributed by atoms with Crippen LogP contribution in [0.5, 0.6) is 0 Å². The van der Waals surface area contributed by atoms with E-state index in [-0.39, 0.29) is 0 Å². The van der Waals surface area contributed by atoms with Gasteiger partial charge in [0.15, 0.2) is 0 Å². The van der Waals surface area contributed by atoms with E-state index in [2.05, 4.69) is 135 Å². The summed E-state index contributed by atoms with van der Waals surface area (Å²) in [6.07, 6.45) is 44.9. The van der Waals surface area contributed by atoms with Crippen molar-refractivity contribution in [2.45, 2.75) is 194 Å². The summed E-state index contributed by atoms with van der Waals surface area (Å²) in [6, 6.07) is 47.5. The van der Waals surface area contributed by atoms with Gasteiger partial charge in [0.1, 0.15) is 12.3 Å². The minimum atomic E-state index is -1.67. The average Bonchev–Trinajstić information content (AvgIpc) is 3.30. The molecule has 0 nitrogen and oxygen atoms in total. The molecule has 0 bridgehead atoms. The Labute approximate surface area is 373 Å². The van der Waals surface area contributed by atoms with Gasteiger partial charge in [-0.3, -0.25) is 0 Å². The lowest BCUT2D eigenvalue weighted by molar-refractivity contribution is 0.538. The predicted octanol–water partition coefficient (Wildman–Crippen LogP) is 17.3. The van der Waals surface area contributed by atoms with E-state index in [9.17, 15) is 0 Å². The molecule has 0 aliphatic heterocycles. The second-order valence-electron chi connectivity index (χ2n) is 18.4. The van der Waals surface area contributed by atoms with Gasteiger partial charge in [-0.15, -0.1) is 0 Å². The zero-order valence-electron chi connectivity index (χ0n) is 39.1. The highest BCUT2D eigenvalue weighted by Gasteiger charge is 2.49. The summed E-state index contributed by atoms with van der Waals surface area (Å²) in [5, 5.41) is 6.51. The third kappa shape index (κ3) is 18.6. The topological polar surface area (TPSA) is 0 Å². The Bertz CT molecular complexity index is 1340. The molecular weight excluding hydrogens is 759 g/mol. The van der Waals surface area contributed by atoms with Gasteiger partial charge in [-0.25, -0.2) is 0 Å². The summed E-state index contributed by atoms with van der Waals surface area (Å²) in [4.78, 5) is 0. The molecule has 0 heterocycles. The molecule has 4 aromatic carbocycles. The molecule has 0 unspecified atom stereocenters. The van der Waals surface area contributed by atoms with Crippen molar-refractivity contribution < 1.29 is 0 Å². The van der Waals surface area contributed by atoms with Crippen LogP contribution in [0, 0.1) is 0 Å². The Balaban J connectivity index is 1.42. The first-order valence-electron chi connectivity index (χ1n) is 25.7. The largest absolute Gasteiger partial charge is 0.103 e. The van der Waals surface area contributed by atoms with Crippen molar-refractivity contribution in [3.8, 4) is 0 Å². The molecule has 0 saturated carbocycles. The molecule has 0 aromatic heterocycles. The second-order valence-corrected chi connectivity index (χ2v) is 26.1. The van der Waals surface area contributed by atoms with Gasteiger partial charge in [-0.2, -0.15) is 0 Å². The first-order valence-corrected chi connectivity index (χ1v) is 30.0. The van der Waals surface area contributed by atoms with Crippen molar-refractivity contribution in [2.24, 2.45) is 0 Å². The quantitative estimate of drug-likeness (QED) is 0.0313. The maximum atomic E-state index is 2.50. The van der Waals surface area contributed by atoms with Gasteiger partial charge in [0.25, 0.3) is 0 Å². The minimum Gasteiger partial charge on any atom is -0.0654 e. The highest BCUT2D eigenvalue weighted by Crippen LogP contribution is 2.64. The first kappa shape index (κ1) is 50.4. The minimum absolute atomic E-state index is 1.30. The van der Waals surface area contributed by atoms with Crippen LogP contribution in [0.1, 0.15) is 194 Å². The average molecular weight is 849 g/mol. The van der Waals surface area contributed by atoms with Gasteiger partial charge in [0.2, 0.25) is 0 Å². The standard InChI is InChI=1S/C58H90P2/c1-3-5-7-9-11-13-15-17-19-21-23-25-27-41-51-59(55-43-33-29-34-44-55,56-45-35-30-36-46-56)53-54-60(57-47-37-31-38-48-57,58-49-39-32-40-50-58)52-42-28-26-24-22-20-18-16-14-12-10-8-6-4-2/h29-40,43-50H,3-28,41-42,51-54H2,1-2H3/q+2. The van der Waals surface area contributed by atoms with Crippen molar-refractivity contribution in [1.29, 1.82) is 0 Å². The molecule has 4 aromatic rings. The monoisotopic (exact) mass is 849 g/mol. The SMILES string of the molecule is CCCCCCCCCCCCCCCC[P+](CC[P+](CCCCCCCCCCCCCCCC)(c1ccccc1)c1ccccc1)(c1ccccc1)c1ccccc1. The molecule has 60 heavy (non-hydrogen) atoms. The van der Waals surface area contributed by atoms with Crippen LogP contribution in [0.3, 0.4) is 0 Å². The molecule has 0 spiro atoms. The van der Waals surface area contributed by atoms with E-state index in [1.165, 1.54) is 204 Å². The van der Waals surface area contributed by atoms with E-state index < -0.39 is 14.5 Å². The molecule has 0 saturated heterocycles. The Hall–Kier alpha value is -2.26. The van der Waals surface area contributed by atoms with E-state index >= 15 is 0 Å². The molecule has 0 aliphatic carbocycles.